The van der Waals surface area contributed by atoms with Crippen LogP contribution in [0.5, 0.6) is 5.75 Å². The van der Waals surface area contributed by atoms with Crippen molar-refractivity contribution in [2.45, 2.75) is 13.0 Å². The lowest BCUT2D eigenvalue weighted by Gasteiger charge is -2.24. The van der Waals surface area contributed by atoms with Gasteiger partial charge in [-0.25, -0.2) is 0 Å². The second-order valence-electron chi connectivity index (χ2n) is 4.53. The van der Waals surface area contributed by atoms with Gasteiger partial charge >= 0.3 is 0 Å². The number of hydrogen-bond donors (Lipinski definition) is 1. The predicted octanol–water partition coefficient (Wildman–Crippen LogP) is 3.22. The summed E-state index contributed by atoms with van der Waals surface area (Å²) in [5.74, 6) is 0.661. The van der Waals surface area contributed by atoms with Crippen LogP contribution in [0.1, 0.15) is 24.3 Å². The van der Waals surface area contributed by atoms with Crippen LogP contribution in [0, 0.1) is 0 Å². The van der Waals surface area contributed by atoms with Gasteiger partial charge in [-0.3, -0.25) is 4.79 Å². The van der Waals surface area contributed by atoms with E-state index in [1.165, 1.54) is 6.08 Å². The van der Waals surface area contributed by atoms with Gasteiger partial charge in [0.1, 0.15) is 11.5 Å². The van der Waals surface area contributed by atoms with E-state index in [9.17, 15) is 9.90 Å². The van der Waals surface area contributed by atoms with Crippen molar-refractivity contribution >= 4 is 12.0 Å². The van der Waals surface area contributed by atoms with Crippen LogP contribution in [-0.4, -0.2) is 23.0 Å². The molecule has 1 aromatic carbocycles. The molecule has 0 saturated carbocycles. The van der Waals surface area contributed by atoms with Crippen LogP contribution >= 0.6 is 0 Å². The van der Waals surface area contributed by atoms with Crippen molar-refractivity contribution in [1.82, 2.24) is 4.90 Å². The lowest BCUT2D eigenvalue weighted by molar-refractivity contribution is -0.126. The molecule has 1 atom stereocenters. The molecule has 2 rings (SSSR count). The smallest absolute Gasteiger partial charge is 0.246 e. The average molecular weight is 271 g/mol. The predicted molar refractivity (Wildman–Crippen MR) is 77.0 cm³/mol. The monoisotopic (exact) mass is 271 g/mol. The zero-order chi connectivity index (χ0) is 14.5. The van der Waals surface area contributed by atoms with E-state index in [1.807, 2.05) is 13.0 Å². The van der Waals surface area contributed by atoms with Crippen LogP contribution in [0.15, 0.2) is 53.2 Å². The lowest BCUT2D eigenvalue weighted by atomic mass is 10.1. The maximum absolute atomic E-state index is 12.1. The van der Waals surface area contributed by atoms with Crippen molar-refractivity contribution in [2.24, 2.45) is 0 Å². The molecular formula is C16H17NO3. The summed E-state index contributed by atoms with van der Waals surface area (Å²) in [5.41, 5.74) is 0.717. The van der Waals surface area contributed by atoms with Gasteiger partial charge in [0.2, 0.25) is 5.91 Å². The number of para-hydroxylation sites is 1. The second-order valence-corrected chi connectivity index (χ2v) is 4.53. The van der Waals surface area contributed by atoms with Crippen LogP contribution < -0.4 is 0 Å². The van der Waals surface area contributed by atoms with Gasteiger partial charge in [0.05, 0.1) is 12.3 Å². The van der Waals surface area contributed by atoms with Crippen molar-refractivity contribution in [3.8, 4) is 5.75 Å². The molecule has 0 bridgehead atoms. The fourth-order valence-corrected chi connectivity index (χ4v) is 1.90. The maximum Gasteiger partial charge on any atom is 0.246 e. The van der Waals surface area contributed by atoms with Gasteiger partial charge in [-0.1, -0.05) is 18.2 Å². The minimum atomic E-state index is -0.218. The summed E-state index contributed by atoms with van der Waals surface area (Å²) < 4.78 is 5.13. The van der Waals surface area contributed by atoms with Crippen molar-refractivity contribution < 1.29 is 14.3 Å². The highest BCUT2D eigenvalue weighted by molar-refractivity contribution is 5.91. The number of amides is 1. The molecule has 4 nitrogen and oxygen atoms in total. The first-order valence-electron chi connectivity index (χ1n) is 6.36. The fourth-order valence-electron chi connectivity index (χ4n) is 1.90. The van der Waals surface area contributed by atoms with E-state index in [1.54, 1.807) is 54.6 Å². The first-order chi connectivity index (χ1) is 9.59. The van der Waals surface area contributed by atoms with E-state index in [0.29, 0.717) is 5.76 Å². The summed E-state index contributed by atoms with van der Waals surface area (Å²) in [4.78, 5) is 13.6. The van der Waals surface area contributed by atoms with Crippen LogP contribution in [-0.2, 0) is 4.79 Å². The topological polar surface area (TPSA) is 53.7 Å². The van der Waals surface area contributed by atoms with Gasteiger partial charge in [0.15, 0.2) is 0 Å². The van der Waals surface area contributed by atoms with E-state index >= 15 is 0 Å². The Hall–Kier alpha value is -2.49. The molecule has 1 N–H and O–H groups in total. The number of nitrogens with zero attached hydrogens (tertiary/aromatic N) is 1. The Morgan fingerprint density at radius 3 is 2.70 bits per heavy atom. The zero-order valence-corrected chi connectivity index (χ0v) is 11.5. The van der Waals surface area contributed by atoms with Crippen LogP contribution in [0.4, 0.5) is 0 Å². The second kappa shape index (κ2) is 6.10. The number of hydrogen-bond acceptors (Lipinski definition) is 3. The van der Waals surface area contributed by atoms with E-state index in [0.717, 1.165) is 5.56 Å². The van der Waals surface area contributed by atoms with Crippen molar-refractivity contribution in [1.29, 1.82) is 0 Å². The molecule has 0 saturated heterocycles. The quantitative estimate of drug-likeness (QED) is 0.869. The Bertz CT molecular complexity index is 602. The lowest BCUT2D eigenvalue weighted by Crippen LogP contribution is -2.28. The Morgan fingerprint density at radius 2 is 2.05 bits per heavy atom. The van der Waals surface area contributed by atoms with Gasteiger partial charge in [0, 0.05) is 18.7 Å². The largest absolute Gasteiger partial charge is 0.508 e. The first kappa shape index (κ1) is 13.9. The number of rotatable bonds is 4. The summed E-state index contributed by atoms with van der Waals surface area (Å²) in [5, 5.41) is 9.82. The highest BCUT2D eigenvalue weighted by atomic mass is 16.3. The SMILES string of the molecule is CC(c1ccccc1O)N(C)C(=O)/C=C/c1ccco1. The summed E-state index contributed by atoms with van der Waals surface area (Å²) >= 11 is 0. The van der Waals surface area contributed by atoms with E-state index in [4.69, 9.17) is 4.42 Å². The third-order valence-electron chi connectivity index (χ3n) is 3.25. The molecule has 0 spiro atoms. The highest BCUT2D eigenvalue weighted by Crippen LogP contribution is 2.27. The summed E-state index contributed by atoms with van der Waals surface area (Å²) in [6.07, 6.45) is 4.63. The molecule has 0 radical (unpaired) electrons. The van der Waals surface area contributed by atoms with Gasteiger partial charge in [0.25, 0.3) is 0 Å². The molecule has 1 aromatic heterocycles. The maximum atomic E-state index is 12.1. The van der Waals surface area contributed by atoms with Gasteiger partial charge < -0.3 is 14.4 Å². The molecule has 0 aliphatic carbocycles. The molecule has 1 heterocycles. The minimum Gasteiger partial charge on any atom is -0.508 e. The number of aromatic hydroxyl groups is 1. The van der Waals surface area contributed by atoms with Crippen LogP contribution in [0.3, 0.4) is 0 Å². The molecule has 1 amide bonds. The number of likely N-dealkylation sites (N-methyl/N-ethyl adjacent to an activating group) is 1. The minimum absolute atomic E-state index is 0.155. The fraction of sp³-hybridized carbons (Fsp3) is 0.188. The van der Waals surface area contributed by atoms with E-state index in [-0.39, 0.29) is 17.7 Å². The third-order valence-corrected chi connectivity index (χ3v) is 3.25. The number of carbonyl (C=O) groups is 1. The number of phenolic OH excluding ortho intramolecular Hbond substituents is 1. The van der Waals surface area contributed by atoms with Crippen LogP contribution in [0.25, 0.3) is 6.08 Å². The summed E-state index contributed by atoms with van der Waals surface area (Å²) in [7, 11) is 1.70. The Morgan fingerprint density at radius 1 is 1.30 bits per heavy atom. The van der Waals surface area contributed by atoms with E-state index < -0.39 is 0 Å². The normalized spacial score (nSPS) is 12.5. The Balaban J connectivity index is 2.09. The van der Waals surface area contributed by atoms with Crippen molar-refractivity contribution in [3.63, 3.8) is 0 Å². The van der Waals surface area contributed by atoms with Crippen LogP contribution in [0.2, 0.25) is 0 Å². The molecule has 0 aliphatic heterocycles. The first-order valence-corrected chi connectivity index (χ1v) is 6.36. The van der Waals surface area contributed by atoms with Gasteiger partial charge in [-0.2, -0.15) is 0 Å². The number of benzene rings is 1. The van der Waals surface area contributed by atoms with Gasteiger partial charge in [-0.05, 0) is 31.2 Å². The Labute approximate surface area is 117 Å². The highest BCUT2D eigenvalue weighted by Gasteiger charge is 2.17. The van der Waals surface area contributed by atoms with Gasteiger partial charge in [-0.15, -0.1) is 0 Å². The molecule has 0 aliphatic rings. The molecule has 0 fully saturated rings. The molecule has 4 heteroatoms. The van der Waals surface area contributed by atoms with Crippen molar-refractivity contribution in [3.05, 3.63) is 60.1 Å². The average Bonchev–Trinajstić information content (AvgIpc) is 2.97. The molecule has 104 valence electrons. The molecular weight excluding hydrogens is 254 g/mol. The standard InChI is InChI=1S/C16H17NO3/c1-12(14-7-3-4-8-15(14)18)17(2)16(19)10-9-13-6-5-11-20-13/h3-12,18H,1-2H3/b10-9+. The number of phenols is 1. The summed E-state index contributed by atoms with van der Waals surface area (Å²) in [6, 6.07) is 10.3. The van der Waals surface area contributed by atoms with E-state index in [2.05, 4.69) is 0 Å². The van der Waals surface area contributed by atoms with Crippen molar-refractivity contribution in [2.75, 3.05) is 7.05 Å². The zero-order valence-electron chi connectivity index (χ0n) is 11.5. The number of furan rings is 1. The molecule has 20 heavy (non-hydrogen) atoms. The third kappa shape index (κ3) is 3.09. The molecule has 1 unspecified atom stereocenters. The molecule has 2 aromatic rings. The summed E-state index contributed by atoms with van der Waals surface area (Å²) in [6.45, 7) is 1.87. The Kier molecular flexibility index (Phi) is 4.25. The number of carbonyl (C=O) groups excluding carboxylic acids is 1.